The van der Waals surface area contributed by atoms with Crippen molar-refractivity contribution >= 4 is 0 Å². The lowest BCUT2D eigenvalue weighted by atomic mass is 9.82. The first-order chi connectivity index (χ1) is 13.5. The van der Waals surface area contributed by atoms with Crippen molar-refractivity contribution in [1.29, 1.82) is 0 Å². The molecule has 0 amide bonds. The van der Waals surface area contributed by atoms with Gasteiger partial charge in [0, 0.05) is 0 Å². The monoisotopic (exact) mass is 362 g/mol. The van der Waals surface area contributed by atoms with E-state index in [1.54, 1.807) is 0 Å². The maximum atomic E-state index is 2.37. The Kier molecular flexibility index (Phi) is 4.88. The summed E-state index contributed by atoms with van der Waals surface area (Å²) in [7, 11) is 0. The molecular formula is C28H26. The summed E-state index contributed by atoms with van der Waals surface area (Å²) in [5.74, 6) is 0. The first-order valence-corrected chi connectivity index (χ1v) is 9.89. The predicted molar refractivity (Wildman–Crippen MR) is 121 cm³/mol. The molecule has 28 heavy (non-hydrogen) atoms. The Bertz CT molecular complexity index is 1070. The third-order valence-corrected chi connectivity index (χ3v) is 5.27. The second kappa shape index (κ2) is 7.48. The summed E-state index contributed by atoms with van der Waals surface area (Å²) in [4.78, 5) is 0. The molecule has 0 N–H and O–H groups in total. The van der Waals surface area contributed by atoms with Gasteiger partial charge in [-0.05, 0) is 44.4 Å². The number of hydrogen-bond acceptors (Lipinski definition) is 0. The fourth-order valence-corrected chi connectivity index (χ4v) is 3.69. The largest absolute Gasteiger partial charge is 0.0622 e. The minimum absolute atomic E-state index is 0.112. The van der Waals surface area contributed by atoms with E-state index < -0.39 is 0 Å². The van der Waals surface area contributed by atoms with Gasteiger partial charge in [0.1, 0.15) is 0 Å². The summed E-state index contributed by atoms with van der Waals surface area (Å²) in [5.41, 5.74) is 9.07. The van der Waals surface area contributed by atoms with Crippen LogP contribution in [0.5, 0.6) is 0 Å². The molecule has 0 atom stereocenters. The second-order valence-corrected chi connectivity index (χ2v) is 8.29. The molecule has 0 unspecified atom stereocenters. The summed E-state index contributed by atoms with van der Waals surface area (Å²) in [6, 6.07) is 37.0. The van der Waals surface area contributed by atoms with Crippen LogP contribution in [0.4, 0.5) is 0 Å². The quantitative estimate of drug-likeness (QED) is 0.346. The molecule has 4 rings (SSSR count). The molecule has 0 aliphatic carbocycles. The van der Waals surface area contributed by atoms with Gasteiger partial charge in [0.15, 0.2) is 0 Å². The van der Waals surface area contributed by atoms with Crippen molar-refractivity contribution in [2.45, 2.75) is 26.2 Å². The molecule has 0 nitrogen and oxygen atoms in total. The Morgan fingerprint density at radius 1 is 0.429 bits per heavy atom. The van der Waals surface area contributed by atoms with Crippen LogP contribution in [0.15, 0.2) is 103 Å². The molecule has 0 radical (unpaired) electrons. The summed E-state index contributed by atoms with van der Waals surface area (Å²) >= 11 is 0. The van der Waals surface area contributed by atoms with Crippen molar-refractivity contribution in [1.82, 2.24) is 0 Å². The lowest BCUT2D eigenvalue weighted by Gasteiger charge is -2.22. The molecule has 4 aromatic carbocycles. The lowest BCUT2D eigenvalue weighted by Crippen LogP contribution is -2.11. The fraction of sp³-hybridized carbons (Fsp3) is 0.143. The van der Waals surface area contributed by atoms with Crippen LogP contribution in [0.25, 0.3) is 33.4 Å². The molecule has 0 heteroatoms. The first-order valence-electron chi connectivity index (χ1n) is 9.89. The van der Waals surface area contributed by atoms with Gasteiger partial charge in [-0.25, -0.2) is 0 Å². The fourth-order valence-electron chi connectivity index (χ4n) is 3.69. The van der Waals surface area contributed by atoms with Crippen LogP contribution < -0.4 is 0 Å². The van der Waals surface area contributed by atoms with Crippen LogP contribution in [0.1, 0.15) is 26.3 Å². The highest BCUT2D eigenvalue weighted by molar-refractivity contribution is 5.91. The van der Waals surface area contributed by atoms with Crippen LogP contribution in [0, 0.1) is 0 Å². The Balaban J connectivity index is 1.97. The van der Waals surface area contributed by atoms with Crippen LogP contribution in [-0.2, 0) is 5.41 Å². The van der Waals surface area contributed by atoms with Crippen molar-refractivity contribution in [3.63, 3.8) is 0 Å². The Morgan fingerprint density at radius 2 is 0.893 bits per heavy atom. The third kappa shape index (κ3) is 3.64. The molecule has 0 spiro atoms. The van der Waals surface area contributed by atoms with E-state index >= 15 is 0 Å². The van der Waals surface area contributed by atoms with E-state index in [4.69, 9.17) is 0 Å². The van der Waals surface area contributed by atoms with Gasteiger partial charge < -0.3 is 0 Å². The summed E-state index contributed by atoms with van der Waals surface area (Å²) in [5, 5.41) is 0. The molecule has 0 bridgehead atoms. The van der Waals surface area contributed by atoms with E-state index in [0.29, 0.717) is 0 Å². The minimum atomic E-state index is 0.112. The summed E-state index contributed by atoms with van der Waals surface area (Å²) in [6.45, 7) is 6.82. The average molecular weight is 363 g/mol. The SMILES string of the molecule is CC(C)(C)c1ccc(-c2ccccc2-c2ccccc2)c(-c2ccccc2)c1. The van der Waals surface area contributed by atoms with Gasteiger partial charge in [0.2, 0.25) is 0 Å². The van der Waals surface area contributed by atoms with Gasteiger partial charge in [0.05, 0.1) is 0 Å². The molecule has 4 aromatic rings. The molecule has 0 saturated heterocycles. The smallest absolute Gasteiger partial charge is 0.00990 e. The maximum Gasteiger partial charge on any atom is -0.00990 e. The average Bonchev–Trinajstić information content (AvgIpc) is 2.74. The van der Waals surface area contributed by atoms with E-state index in [9.17, 15) is 0 Å². The van der Waals surface area contributed by atoms with Crippen molar-refractivity contribution in [3.8, 4) is 33.4 Å². The molecule has 0 aliphatic rings. The minimum Gasteiger partial charge on any atom is -0.0622 e. The van der Waals surface area contributed by atoms with Crippen LogP contribution in [0.3, 0.4) is 0 Å². The highest BCUT2D eigenvalue weighted by atomic mass is 14.2. The molecule has 0 saturated carbocycles. The van der Waals surface area contributed by atoms with Gasteiger partial charge >= 0.3 is 0 Å². The van der Waals surface area contributed by atoms with Gasteiger partial charge in [-0.15, -0.1) is 0 Å². The van der Waals surface area contributed by atoms with E-state index in [1.165, 1.54) is 38.9 Å². The number of benzene rings is 4. The third-order valence-electron chi connectivity index (χ3n) is 5.27. The molecule has 138 valence electrons. The summed E-state index contributed by atoms with van der Waals surface area (Å²) < 4.78 is 0. The highest BCUT2D eigenvalue weighted by Gasteiger charge is 2.18. The van der Waals surface area contributed by atoms with Gasteiger partial charge in [-0.2, -0.15) is 0 Å². The molecule has 0 aromatic heterocycles. The zero-order valence-corrected chi connectivity index (χ0v) is 16.8. The van der Waals surface area contributed by atoms with Crippen LogP contribution in [-0.4, -0.2) is 0 Å². The van der Waals surface area contributed by atoms with E-state index in [1.807, 2.05) is 0 Å². The molecule has 0 heterocycles. The van der Waals surface area contributed by atoms with Crippen molar-refractivity contribution < 1.29 is 0 Å². The normalized spacial score (nSPS) is 11.4. The van der Waals surface area contributed by atoms with Crippen LogP contribution in [0.2, 0.25) is 0 Å². The second-order valence-electron chi connectivity index (χ2n) is 8.29. The lowest BCUT2D eigenvalue weighted by molar-refractivity contribution is 0.590. The van der Waals surface area contributed by atoms with Crippen LogP contribution >= 0.6 is 0 Å². The predicted octanol–water partition coefficient (Wildman–Crippen LogP) is 7.99. The molecular weight excluding hydrogens is 336 g/mol. The summed E-state index contributed by atoms with van der Waals surface area (Å²) in [6.07, 6.45) is 0. The van der Waals surface area contributed by atoms with Gasteiger partial charge in [-0.1, -0.05) is 124 Å². The molecule has 0 aliphatic heterocycles. The van der Waals surface area contributed by atoms with Crippen molar-refractivity contribution in [2.24, 2.45) is 0 Å². The zero-order chi connectivity index (χ0) is 19.6. The van der Waals surface area contributed by atoms with E-state index in [-0.39, 0.29) is 5.41 Å². The standard InChI is InChI=1S/C28H26/c1-28(2,3)23-18-19-26(27(20-23)22-14-8-5-9-15-22)25-17-11-10-16-24(25)21-12-6-4-7-13-21/h4-20H,1-3H3. The highest BCUT2D eigenvalue weighted by Crippen LogP contribution is 2.40. The Morgan fingerprint density at radius 3 is 1.46 bits per heavy atom. The number of hydrogen-bond donors (Lipinski definition) is 0. The topological polar surface area (TPSA) is 0 Å². The number of rotatable bonds is 3. The Hall–Kier alpha value is -3.12. The van der Waals surface area contributed by atoms with E-state index in [2.05, 4.69) is 124 Å². The maximum absolute atomic E-state index is 2.37. The zero-order valence-electron chi connectivity index (χ0n) is 16.8. The van der Waals surface area contributed by atoms with Gasteiger partial charge in [-0.3, -0.25) is 0 Å². The first kappa shape index (κ1) is 18.3. The van der Waals surface area contributed by atoms with Crippen molar-refractivity contribution in [2.75, 3.05) is 0 Å². The molecule has 0 fully saturated rings. The Labute approximate surface area is 168 Å². The van der Waals surface area contributed by atoms with Gasteiger partial charge in [0.25, 0.3) is 0 Å². The van der Waals surface area contributed by atoms with E-state index in [0.717, 1.165) is 0 Å². The van der Waals surface area contributed by atoms with Crippen molar-refractivity contribution in [3.05, 3.63) is 109 Å².